The van der Waals surface area contributed by atoms with E-state index >= 15 is 0 Å². The van der Waals surface area contributed by atoms with Gasteiger partial charge in [0.1, 0.15) is 17.8 Å². The molecule has 0 fully saturated rings. The van der Waals surface area contributed by atoms with Crippen molar-refractivity contribution in [3.05, 3.63) is 87.7 Å². The predicted octanol–water partition coefficient (Wildman–Crippen LogP) is 2.27. The lowest BCUT2D eigenvalue weighted by Crippen LogP contribution is -2.29. The molecule has 0 saturated heterocycles. The molecule has 1 amide bonds. The molecule has 0 radical (unpaired) electrons. The Bertz CT molecular complexity index is 1450. The molecule has 4 aromatic rings. The van der Waals surface area contributed by atoms with E-state index in [0.717, 1.165) is 11.1 Å². The minimum atomic E-state index is -0.790. The molecule has 34 heavy (non-hydrogen) atoms. The van der Waals surface area contributed by atoms with Crippen molar-refractivity contribution in [2.75, 3.05) is 5.32 Å². The number of anilines is 1. The van der Waals surface area contributed by atoms with Crippen LogP contribution in [-0.4, -0.2) is 35.5 Å². The van der Waals surface area contributed by atoms with Crippen LogP contribution in [0.25, 0.3) is 0 Å². The fraction of sp³-hybridized carbons (Fsp3) is 0.217. The molecular weight excluding hydrogens is 438 g/mol. The summed E-state index contributed by atoms with van der Waals surface area (Å²) in [7, 11) is 3.25. The van der Waals surface area contributed by atoms with Crippen molar-refractivity contribution in [1.29, 1.82) is 5.26 Å². The van der Waals surface area contributed by atoms with Crippen LogP contribution in [-0.2, 0) is 14.1 Å². The van der Waals surface area contributed by atoms with Gasteiger partial charge in [-0.05, 0) is 17.2 Å². The summed E-state index contributed by atoms with van der Waals surface area (Å²) in [6.07, 6.45) is 5.99. The maximum atomic E-state index is 12.8. The number of amides is 1. The third-order valence-corrected chi connectivity index (χ3v) is 5.61. The van der Waals surface area contributed by atoms with Crippen LogP contribution < -0.4 is 10.9 Å². The topological polar surface area (TPSA) is 152 Å². The summed E-state index contributed by atoms with van der Waals surface area (Å²) < 4.78 is 7.54. The zero-order chi connectivity index (χ0) is 24.4. The normalized spacial score (nSPS) is 12.6. The molecule has 0 aliphatic carbocycles. The summed E-state index contributed by atoms with van der Waals surface area (Å²) in [5, 5.41) is 30.3. The van der Waals surface area contributed by atoms with Crippen LogP contribution in [0.3, 0.4) is 0 Å². The highest BCUT2D eigenvalue weighted by Crippen LogP contribution is 2.38. The van der Waals surface area contributed by atoms with Crippen molar-refractivity contribution >= 4 is 11.6 Å². The van der Waals surface area contributed by atoms with Gasteiger partial charge >= 0.3 is 0 Å². The number of nitrogens with zero attached hydrogens (tertiary/aromatic N) is 6. The number of aromatic hydroxyl groups is 1. The van der Waals surface area contributed by atoms with Gasteiger partial charge in [-0.1, -0.05) is 30.3 Å². The van der Waals surface area contributed by atoms with Crippen molar-refractivity contribution in [3.8, 4) is 11.8 Å². The van der Waals surface area contributed by atoms with E-state index in [2.05, 4.69) is 26.6 Å². The molecule has 1 aromatic carbocycles. The van der Waals surface area contributed by atoms with Gasteiger partial charge in [0.2, 0.25) is 5.75 Å². The second kappa shape index (κ2) is 9.03. The molecule has 0 unspecified atom stereocenters. The Morgan fingerprint density at radius 2 is 2.03 bits per heavy atom. The first-order valence-electron chi connectivity index (χ1n) is 10.3. The minimum Gasteiger partial charge on any atom is -0.501 e. The van der Waals surface area contributed by atoms with Crippen molar-refractivity contribution in [2.45, 2.75) is 18.8 Å². The van der Waals surface area contributed by atoms with E-state index in [-0.39, 0.29) is 11.5 Å². The van der Waals surface area contributed by atoms with Gasteiger partial charge in [0.05, 0.1) is 24.0 Å². The van der Waals surface area contributed by atoms with Crippen molar-refractivity contribution in [2.24, 2.45) is 14.1 Å². The largest absolute Gasteiger partial charge is 0.501 e. The van der Waals surface area contributed by atoms with E-state index in [9.17, 15) is 20.0 Å². The maximum absolute atomic E-state index is 12.8. The van der Waals surface area contributed by atoms with Crippen molar-refractivity contribution in [1.82, 2.24) is 24.5 Å². The fourth-order valence-electron chi connectivity index (χ4n) is 3.99. The summed E-state index contributed by atoms with van der Waals surface area (Å²) in [6, 6.07) is 9.37. The third-order valence-electron chi connectivity index (χ3n) is 5.61. The van der Waals surface area contributed by atoms with Gasteiger partial charge in [-0.25, -0.2) is 4.98 Å². The lowest BCUT2D eigenvalue weighted by atomic mass is 9.80. The first-order chi connectivity index (χ1) is 16.3. The number of nitrogens with one attached hydrogen (secondary N) is 1. The third kappa shape index (κ3) is 4.04. The van der Waals surface area contributed by atoms with Gasteiger partial charge in [-0.15, -0.1) is 0 Å². The predicted molar refractivity (Wildman–Crippen MR) is 120 cm³/mol. The van der Waals surface area contributed by atoms with Crippen LogP contribution in [0.5, 0.6) is 5.75 Å². The molecule has 3 aromatic heterocycles. The molecule has 0 spiro atoms. The second-order valence-electron chi connectivity index (χ2n) is 7.81. The van der Waals surface area contributed by atoms with E-state index in [4.69, 9.17) is 4.52 Å². The molecule has 4 rings (SSSR count). The average molecular weight is 459 g/mol. The van der Waals surface area contributed by atoms with Crippen molar-refractivity contribution < 1.29 is 14.4 Å². The fourth-order valence-corrected chi connectivity index (χ4v) is 3.99. The number of hydrogen-bond donors (Lipinski definition) is 2. The van der Waals surface area contributed by atoms with E-state index < -0.39 is 34.7 Å². The number of hydrogen-bond acceptors (Lipinski definition) is 8. The van der Waals surface area contributed by atoms with Crippen LogP contribution in [0.15, 0.2) is 58.4 Å². The maximum Gasteiger partial charge on any atom is 0.296 e. The van der Waals surface area contributed by atoms with Gasteiger partial charge in [-0.3, -0.25) is 18.8 Å². The number of rotatable bonds is 6. The number of carbonyl (C=O) groups excluding carboxylic acids is 1. The van der Waals surface area contributed by atoms with Crippen molar-refractivity contribution in [3.63, 3.8) is 0 Å². The van der Waals surface area contributed by atoms with E-state index in [1.54, 1.807) is 30.1 Å². The Hall–Kier alpha value is -4.72. The Morgan fingerprint density at radius 3 is 2.68 bits per heavy atom. The molecule has 3 heterocycles. The number of aromatic nitrogens is 5. The first-order valence-corrected chi connectivity index (χ1v) is 10.3. The quantitative estimate of drug-likeness (QED) is 0.445. The van der Waals surface area contributed by atoms with Gasteiger partial charge in [0.25, 0.3) is 11.5 Å². The first kappa shape index (κ1) is 22.5. The second-order valence-corrected chi connectivity index (χ2v) is 7.81. The summed E-state index contributed by atoms with van der Waals surface area (Å²) in [5.74, 6) is -2.22. The highest BCUT2D eigenvalue weighted by Gasteiger charge is 2.31. The molecule has 0 aliphatic rings. The minimum absolute atomic E-state index is 0.248. The zero-order valence-electron chi connectivity index (χ0n) is 18.6. The molecule has 0 bridgehead atoms. The van der Waals surface area contributed by atoms with E-state index in [1.165, 1.54) is 24.1 Å². The van der Waals surface area contributed by atoms with Gasteiger partial charge < -0.3 is 14.9 Å². The monoisotopic (exact) mass is 459 g/mol. The smallest absolute Gasteiger partial charge is 0.296 e. The zero-order valence-corrected chi connectivity index (χ0v) is 18.6. The molecule has 172 valence electrons. The van der Waals surface area contributed by atoms with E-state index in [0.29, 0.717) is 5.56 Å². The summed E-state index contributed by atoms with van der Waals surface area (Å²) in [5.41, 5.74) is 1.05. The molecule has 0 saturated carbocycles. The summed E-state index contributed by atoms with van der Waals surface area (Å²) >= 11 is 0. The highest BCUT2D eigenvalue weighted by atomic mass is 16.5. The molecule has 2 atom stereocenters. The molecule has 11 heteroatoms. The number of carbonyl (C=O) groups is 1. The lowest BCUT2D eigenvalue weighted by molar-refractivity contribution is 0.101. The van der Waals surface area contributed by atoms with Gasteiger partial charge in [0, 0.05) is 32.1 Å². The molecule has 11 nitrogen and oxygen atoms in total. The highest BCUT2D eigenvalue weighted by molar-refractivity contribution is 6.04. The Balaban J connectivity index is 1.85. The Morgan fingerprint density at radius 1 is 1.26 bits per heavy atom. The SMILES string of the molecule is C[C@@H](c1nc(C(=O)Nc2cnoc2)c(O)c(=O)n1C)[C@@H](c1cnn(C)c1)c1ccccc1C#N. The van der Waals surface area contributed by atoms with Crippen LogP contribution >= 0.6 is 0 Å². The van der Waals surface area contributed by atoms with Crippen LogP contribution in [0, 0.1) is 11.3 Å². The Labute approximate surface area is 193 Å². The molecular formula is C23H21N7O4. The molecule has 0 aliphatic heterocycles. The number of aryl methyl sites for hydroxylation is 1. The lowest BCUT2D eigenvalue weighted by Gasteiger charge is -2.26. The number of nitriles is 1. The average Bonchev–Trinajstić information content (AvgIpc) is 3.50. The Kier molecular flexibility index (Phi) is 5.97. The summed E-state index contributed by atoms with van der Waals surface area (Å²) in [4.78, 5) is 30.0. The van der Waals surface area contributed by atoms with Gasteiger partial charge in [-0.2, -0.15) is 10.4 Å². The number of benzene rings is 1. The van der Waals surface area contributed by atoms with E-state index in [1.807, 2.05) is 25.3 Å². The standard InChI is InChI=1S/C23H21N7O4/c1-13(18(15-9-25-29(2)11-15)17-7-5-4-6-14(17)8-24)21-28-19(20(31)23(33)30(21)3)22(32)27-16-10-26-34-12-16/h4-7,9-13,18,31H,1-3H3,(H,27,32)/t13-,18+/m1/s1. The van der Waals surface area contributed by atoms with Crippen LogP contribution in [0.1, 0.15) is 51.8 Å². The van der Waals surface area contributed by atoms with Crippen LogP contribution in [0.4, 0.5) is 5.69 Å². The summed E-state index contributed by atoms with van der Waals surface area (Å²) in [6.45, 7) is 1.84. The van der Waals surface area contributed by atoms with Gasteiger partial charge in [0.15, 0.2) is 5.69 Å². The molecule has 2 N–H and O–H groups in total. The van der Waals surface area contributed by atoms with Crippen LogP contribution in [0.2, 0.25) is 0 Å².